The van der Waals surface area contributed by atoms with Crippen LogP contribution in [0.25, 0.3) is 0 Å². The highest BCUT2D eigenvalue weighted by Crippen LogP contribution is 2.25. The summed E-state index contributed by atoms with van der Waals surface area (Å²) in [7, 11) is 0. The summed E-state index contributed by atoms with van der Waals surface area (Å²) in [5, 5.41) is 5.90. The standard InChI is InChI=1S/C17H32N2O4/c1-5-22-11-7-10-15(20)19-14-9-6-8-13(14)12-18-16(21)23-17(2,3)4/h13-14H,5-12H2,1-4H3,(H,18,21)(H,19,20)/t13-,14+/m1/s1. The fourth-order valence-electron chi connectivity index (χ4n) is 2.76. The van der Waals surface area contributed by atoms with Gasteiger partial charge in [-0.2, -0.15) is 0 Å². The Morgan fingerprint density at radius 3 is 2.61 bits per heavy atom. The van der Waals surface area contributed by atoms with E-state index in [2.05, 4.69) is 10.6 Å². The summed E-state index contributed by atoms with van der Waals surface area (Å²) in [6, 6.07) is 0.143. The largest absolute Gasteiger partial charge is 0.444 e. The van der Waals surface area contributed by atoms with E-state index in [1.807, 2.05) is 27.7 Å². The molecule has 0 aromatic carbocycles. The van der Waals surface area contributed by atoms with Crippen molar-refractivity contribution in [3.05, 3.63) is 0 Å². The first-order valence-corrected chi connectivity index (χ1v) is 8.65. The monoisotopic (exact) mass is 328 g/mol. The molecule has 6 nitrogen and oxygen atoms in total. The van der Waals surface area contributed by atoms with Crippen LogP contribution in [-0.4, -0.2) is 43.4 Å². The minimum absolute atomic E-state index is 0.0684. The molecule has 6 heteroatoms. The predicted octanol–water partition coefficient (Wildman–Crippen LogP) is 2.61. The van der Waals surface area contributed by atoms with Crippen LogP contribution in [0.15, 0.2) is 0 Å². The topological polar surface area (TPSA) is 76.7 Å². The molecule has 1 rings (SSSR count). The van der Waals surface area contributed by atoms with Gasteiger partial charge in [0.15, 0.2) is 0 Å². The van der Waals surface area contributed by atoms with Crippen LogP contribution in [0.2, 0.25) is 0 Å². The minimum Gasteiger partial charge on any atom is -0.444 e. The smallest absolute Gasteiger partial charge is 0.407 e. The van der Waals surface area contributed by atoms with E-state index >= 15 is 0 Å². The van der Waals surface area contributed by atoms with Crippen LogP contribution in [0.3, 0.4) is 0 Å². The molecule has 0 bridgehead atoms. The fourth-order valence-corrected chi connectivity index (χ4v) is 2.76. The number of hydrogen-bond donors (Lipinski definition) is 2. The lowest BCUT2D eigenvalue weighted by Crippen LogP contribution is -2.43. The molecule has 2 atom stereocenters. The Balaban J connectivity index is 2.28. The van der Waals surface area contributed by atoms with Gasteiger partial charge in [-0.15, -0.1) is 0 Å². The number of amides is 2. The van der Waals surface area contributed by atoms with Crippen LogP contribution in [0.1, 0.15) is 59.8 Å². The fraction of sp³-hybridized carbons (Fsp3) is 0.882. The molecule has 0 saturated heterocycles. The molecule has 0 heterocycles. The summed E-state index contributed by atoms with van der Waals surface area (Å²) in [6.45, 7) is 9.31. The molecule has 0 radical (unpaired) electrons. The van der Waals surface area contributed by atoms with Gasteiger partial charge in [0.05, 0.1) is 0 Å². The quantitative estimate of drug-likeness (QED) is 0.672. The highest BCUT2D eigenvalue weighted by atomic mass is 16.6. The normalized spacial score (nSPS) is 21.0. The highest BCUT2D eigenvalue weighted by molar-refractivity contribution is 5.76. The molecule has 23 heavy (non-hydrogen) atoms. The summed E-state index contributed by atoms with van der Waals surface area (Å²) >= 11 is 0. The summed E-state index contributed by atoms with van der Waals surface area (Å²) < 4.78 is 10.5. The molecule has 134 valence electrons. The van der Waals surface area contributed by atoms with Crippen LogP contribution in [0.5, 0.6) is 0 Å². The van der Waals surface area contributed by atoms with Crippen molar-refractivity contribution in [2.45, 2.75) is 71.4 Å². The maximum atomic E-state index is 12.0. The Morgan fingerprint density at radius 1 is 1.22 bits per heavy atom. The summed E-state index contributed by atoms with van der Waals surface area (Å²) in [4.78, 5) is 23.7. The lowest BCUT2D eigenvalue weighted by Gasteiger charge is -2.23. The summed E-state index contributed by atoms with van der Waals surface area (Å²) in [5.41, 5.74) is -0.492. The average Bonchev–Trinajstić information content (AvgIpc) is 2.87. The van der Waals surface area contributed by atoms with E-state index in [4.69, 9.17) is 9.47 Å². The van der Waals surface area contributed by atoms with Gasteiger partial charge in [0.2, 0.25) is 5.91 Å². The molecule has 2 N–H and O–H groups in total. The number of nitrogens with one attached hydrogen (secondary N) is 2. The van der Waals surface area contributed by atoms with Crippen LogP contribution in [0.4, 0.5) is 4.79 Å². The van der Waals surface area contributed by atoms with Crippen molar-refractivity contribution >= 4 is 12.0 Å². The van der Waals surface area contributed by atoms with Crippen LogP contribution >= 0.6 is 0 Å². The number of ether oxygens (including phenoxy) is 2. The van der Waals surface area contributed by atoms with Gasteiger partial charge in [-0.3, -0.25) is 4.79 Å². The van der Waals surface area contributed by atoms with E-state index in [1.54, 1.807) is 0 Å². The molecule has 0 unspecified atom stereocenters. The third-order valence-corrected chi connectivity index (χ3v) is 3.81. The zero-order valence-electron chi connectivity index (χ0n) is 14.9. The molecule has 1 aliphatic rings. The Labute approximate surface area is 139 Å². The van der Waals surface area contributed by atoms with E-state index in [0.717, 1.165) is 25.7 Å². The second-order valence-electron chi connectivity index (χ2n) is 7.05. The predicted molar refractivity (Wildman–Crippen MR) is 89.2 cm³/mol. The Morgan fingerprint density at radius 2 is 1.96 bits per heavy atom. The van der Waals surface area contributed by atoms with Crippen molar-refractivity contribution in [2.75, 3.05) is 19.8 Å². The maximum Gasteiger partial charge on any atom is 0.407 e. The lowest BCUT2D eigenvalue weighted by molar-refractivity contribution is -0.122. The van der Waals surface area contributed by atoms with Crippen molar-refractivity contribution in [1.29, 1.82) is 0 Å². The SMILES string of the molecule is CCOCCCC(=O)N[C@H]1CCC[C@@H]1CNC(=O)OC(C)(C)C. The minimum atomic E-state index is -0.492. The Bertz CT molecular complexity index is 379. The van der Waals surface area contributed by atoms with Crippen molar-refractivity contribution in [2.24, 2.45) is 5.92 Å². The van der Waals surface area contributed by atoms with Crippen LogP contribution in [-0.2, 0) is 14.3 Å². The van der Waals surface area contributed by atoms with Crippen molar-refractivity contribution in [1.82, 2.24) is 10.6 Å². The molecule has 1 aliphatic carbocycles. The lowest BCUT2D eigenvalue weighted by atomic mass is 10.0. The number of alkyl carbamates (subject to hydrolysis) is 1. The van der Waals surface area contributed by atoms with E-state index in [-0.39, 0.29) is 17.9 Å². The zero-order valence-corrected chi connectivity index (χ0v) is 14.9. The highest BCUT2D eigenvalue weighted by Gasteiger charge is 2.29. The van der Waals surface area contributed by atoms with E-state index in [1.165, 1.54) is 0 Å². The second-order valence-corrected chi connectivity index (χ2v) is 7.05. The van der Waals surface area contributed by atoms with E-state index in [0.29, 0.717) is 26.2 Å². The summed E-state index contributed by atoms with van der Waals surface area (Å²) in [6.07, 6.45) is 3.89. The van der Waals surface area contributed by atoms with Gasteiger partial charge in [-0.05, 0) is 52.9 Å². The number of carbonyl (C=O) groups excluding carboxylic acids is 2. The molecule has 0 aromatic rings. The van der Waals surface area contributed by atoms with Crippen molar-refractivity contribution < 1.29 is 19.1 Å². The van der Waals surface area contributed by atoms with Gasteiger partial charge in [0.25, 0.3) is 0 Å². The third kappa shape index (κ3) is 8.79. The van der Waals surface area contributed by atoms with Gasteiger partial charge in [0.1, 0.15) is 5.60 Å². The number of rotatable bonds is 8. The Kier molecular flexibility index (Phi) is 8.37. The van der Waals surface area contributed by atoms with Crippen LogP contribution in [0, 0.1) is 5.92 Å². The molecule has 0 aliphatic heterocycles. The van der Waals surface area contributed by atoms with E-state index in [9.17, 15) is 9.59 Å². The van der Waals surface area contributed by atoms with Gasteiger partial charge in [-0.25, -0.2) is 4.79 Å². The first kappa shape index (κ1) is 19.7. The first-order chi connectivity index (χ1) is 10.8. The Hall–Kier alpha value is -1.30. The van der Waals surface area contributed by atoms with Gasteiger partial charge < -0.3 is 20.1 Å². The maximum absolute atomic E-state index is 12.0. The third-order valence-electron chi connectivity index (χ3n) is 3.81. The molecule has 1 saturated carbocycles. The zero-order chi connectivity index (χ0) is 17.3. The molecule has 1 fully saturated rings. The van der Waals surface area contributed by atoms with Gasteiger partial charge in [0, 0.05) is 32.2 Å². The van der Waals surface area contributed by atoms with Crippen LogP contribution < -0.4 is 10.6 Å². The van der Waals surface area contributed by atoms with Gasteiger partial charge >= 0.3 is 6.09 Å². The molecule has 2 amide bonds. The van der Waals surface area contributed by atoms with Gasteiger partial charge in [-0.1, -0.05) is 6.42 Å². The molecule has 0 aromatic heterocycles. The van der Waals surface area contributed by atoms with Crippen molar-refractivity contribution in [3.63, 3.8) is 0 Å². The van der Waals surface area contributed by atoms with E-state index < -0.39 is 11.7 Å². The number of hydrogen-bond acceptors (Lipinski definition) is 4. The number of carbonyl (C=O) groups is 2. The first-order valence-electron chi connectivity index (χ1n) is 8.65. The summed E-state index contributed by atoms with van der Waals surface area (Å²) in [5.74, 6) is 0.345. The molecule has 0 spiro atoms. The second kappa shape index (κ2) is 9.75. The average molecular weight is 328 g/mol. The molecular formula is C17H32N2O4. The van der Waals surface area contributed by atoms with Crippen molar-refractivity contribution in [3.8, 4) is 0 Å². The molecular weight excluding hydrogens is 296 g/mol.